The monoisotopic (exact) mass is 317 g/mol. The lowest BCUT2D eigenvalue weighted by Crippen LogP contribution is -2.44. The van der Waals surface area contributed by atoms with Gasteiger partial charge in [0.05, 0.1) is 6.04 Å². The van der Waals surface area contributed by atoms with Gasteiger partial charge in [-0.25, -0.2) is 0 Å². The number of likely N-dealkylation sites (N-methyl/N-ethyl adjacent to an activating group) is 2. The number of carbonyl (C=O) groups excluding carboxylic acids is 1. The van der Waals surface area contributed by atoms with E-state index in [4.69, 9.17) is 9.47 Å². The van der Waals surface area contributed by atoms with Crippen LogP contribution in [0.25, 0.3) is 0 Å². The van der Waals surface area contributed by atoms with Gasteiger partial charge in [-0.1, -0.05) is 6.07 Å². The number of amides is 1. The van der Waals surface area contributed by atoms with Crippen molar-refractivity contribution < 1.29 is 14.3 Å². The molecule has 3 heterocycles. The topological polar surface area (TPSA) is 54.0 Å². The van der Waals surface area contributed by atoms with Gasteiger partial charge in [-0.05, 0) is 37.1 Å². The molecule has 0 aliphatic carbocycles. The Balaban J connectivity index is 1.40. The second kappa shape index (κ2) is 5.69. The molecule has 6 nitrogen and oxygen atoms in total. The van der Waals surface area contributed by atoms with E-state index in [0.717, 1.165) is 37.6 Å². The lowest BCUT2D eigenvalue weighted by molar-refractivity contribution is -0.125. The Hall–Kier alpha value is -1.79. The molecule has 6 heteroatoms. The molecular weight excluding hydrogens is 294 g/mol. The predicted molar refractivity (Wildman–Crippen MR) is 85.4 cm³/mol. The zero-order valence-electron chi connectivity index (χ0n) is 13.6. The molecule has 1 amide bonds. The number of likely N-dealkylation sites (tertiary alicyclic amines) is 2. The number of fused-ring (bicyclic) bond motifs is 2. The molecule has 0 aromatic heterocycles. The molecule has 2 saturated heterocycles. The lowest BCUT2D eigenvalue weighted by Gasteiger charge is -2.25. The number of nitrogens with zero attached hydrogens (tertiary/aromatic N) is 2. The fourth-order valence-electron chi connectivity index (χ4n) is 4.20. The molecule has 23 heavy (non-hydrogen) atoms. The van der Waals surface area contributed by atoms with Crippen LogP contribution in [0.1, 0.15) is 12.0 Å². The third-order valence-corrected chi connectivity index (χ3v) is 5.42. The van der Waals surface area contributed by atoms with Gasteiger partial charge in [-0.15, -0.1) is 0 Å². The first-order chi connectivity index (χ1) is 11.2. The molecule has 0 saturated carbocycles. The summed E-state index contributed by atoms with van der Waals surface area (Å²) < 4.78 is 10.8. The molecule has 0 radical (unpaired) electrons. The van der Waals surface area contributed by atoms with E-state index in [0.29, 0.717) is 18.8 Å². The minimum Gasteiger partial charge on any atom is -0.454 e. The molecular formula is C17H23N3O3. The lowest BCUT2D eigenvalue weighted by atomic mass is 10.0. The first kappa shape index (κ1) is 14.8. The Labute approximate surface area is 136 Å². The number of ether oxygens (including phenoxy) is 2. The zero-order valence-corrected chi connectivity index (χ0v) is 13.6. The molecule has 1 N–H and O–H groups in total. The maximum atomic E-state index is 11.9. The van der Waals surface area contributed by atoms with Gasteiger partial charge < -0.3 is 14.8 Å². The van der Waals surface area contributed by atoms with E-state index >= 15 is 0 Å². The van der Waals surface area contributed by atoms with Crippen LogP contribution in [0, 0.1) is 5.92 Å². The van der Waals surface area contributed by atoms with Gasteiger partial charge in [0.1, 0.15) is 0 Å². The summed E-state index contributed by atoms with van der Waals surface area (Å²) in [5.74, 6) is 2.40. The summed E-state index contributed by atoms with van der Waals surface area (Å²) in [5.41, 5.74) is 1.25. The summed E-state index contributed by atoms with van der Waals surface area (Å²) in [6.45, 7) is 3.31. The van der Waals surface area contributed by atoms with E-state index in [9.17, 15) is 4.79 Å². The van der Waals surface area contributed by atoms with Gasteiger partial charge in [0.15, 0.2) is 11.5 Å². The van der Waals surface area contributed by atoms with Gasteiger partial charge in [-0.3, -0.25) is 14.6 Å². The van der Waals surface area contributed by atoms with Crippen molar-refractivity contribution in [3.05, 3.63) is 23.8 Å². The maximum Gasteiger partial charge on any atom is 0.237 e. The van der Waals surface area contributed by atoms with Gasteiger partial charge >= 0.3 is 0 Å². The van der Waals surface area contributed by atoms with Crippen molar-refractivity contribution in [3.8, 4) is 11.5 Å². The van der Waals surface area contributed by atoms with Crippen LogP contribution < -0.4 is 14.8 Å². The van der Waals surface area contributed by atoms with Crippen molar-refractivity contribution in [2.24, 2.45) is 5.92 Å². The Bertz CT molecular complexity index is 621. The van der Waals surface area contributed by atoms with Crippen LogP contribution >= 0.6 is 0 Å². The SMILES string of the molecule is CNC(=O)[C@H]1CC2CN(Cc3ccc4c(c3)OCO4)CC2N1C. The smallest absolute Gasteiger partial charge is 0.237 e. The van der Waals surface area contributed by atoms with E-state index in [1.165, 1.54) is 5.56 Å². The van der Waals surface area contributed by atoms with Crippen LogP contribution in [0.15, 0.2) is 18.2 Å². The predicted octanol–water partition coefficient (Wildman–Crippen LogP) is 0.666. The maximum absolute atomic E-state index is 11.9. The van der Waals surface area contributed by atoms with Crippen molar-refractivity contribution >= 4 is 5.91 Å². The summed E-state index contributed by atoms with van der Waals surface area (Å²) in [6.07, 6.45) is 0.957. The molecule has 1 aromatic rings. The quantitative estimate of drug-likeness (QED) is 0.888. The third-order valence-electron chi connectivity index (χ3n) is 5.42. The molecule has 3 atom stereocenters. The summed E-state index contributed by atoms with van der Waals surface area (Å²) in [4.78, 5) is 16.7. The average molecular weight is 317 g/mol. The average Bonchev–Trinajstić information content (AvgIpc) is 3.23. The highest BCUT2D eigenvalue weighted by Gasteiger charge is 2.46. The number of nitrogens with one attached hydrogen (secondary N) is 1. The van der Waals surface area contributed by atoms with E-state index < -0.39 is 0 Å². The van der Waals surface area contributed by atoms with Crippen LogP contribution in [0.5, 0.6) is 11.5 Å². The molecule has 2 unspecified atom stereocenters. The molecule has 3 aliphatic heterocycles. The third kappa shape index (κ3) is 2.56. The van der Waals surface area contributed by atoms with Gasteiger partial charge in [0.25, 0.3) is 0 Å². The molecule has 3 aliphatic rings. The Morgan fingerprint density at radius 1 is 1.30 bits per heavy atom. The van der Waals surface area contributed by atoms with Crippen molar-refractivity contribution in [2.75, 3.05) is 34.0 Å². The number of carbonyl (C=O) groups is 1. The standard InChI is InChI=1S/C17H23N3O3/c1-18-17(21)13-6-12-8-20(9-14(12)19(13)2)7-11-3-4-15-16(5-11)23-10-22-15/h3-5,12-14H,6-10H2,1-2H3,(H,18,21)/t12?,13-,14?/m1/s1. The van der Waals surface area contributed by atoms with Crippen LogP contribution in [0.2, 0.25) is 0 Å². The highest BCUT2D eigenvalue weighted by molar-refractivity contribution is 5.81. The summed E-state index contributed by atoms with van der Waals surface area (Å²) in [5, 5.41) is 2.78. The Morgan fingerprint density at radius 3 is 2.91 bits per heavy atom. The second-order valence-corrected chi connectivity index (χ2v) is 6.74. The summed E-state index contributed by atoms with van der Waals surface area (Å²) >= 11 is 0. The Kier molecular flexibility index (Phi) is 3.66. The zero-order chi connectivity index (χ0) is 16.0. The molecule has 0 bridgehead atoms. The summed E-state index contributed by atoms with van der Waals surface area (Å²) in [7, 11) is 3.80. The molecule has 2 fully saturated rings. The number of benzene rings is 1. The van der Waals surface area contributed by atoms with E-state index in [2.05, 4.69) is 34.3 Å². The van der Waals surface area contributed by atoms with Crippen LogP contribution in [-0.4, -0.2) is 61.8 Å². The highest BCUT2D eigenvalue weighted by Crippen LogP contribution is 2.36. The number of rotatable bonds is 3. The molecule has 124 valence electrons. The van der Waals surface area contributed by atoms with Gasteiger partial charge in [0, 0.05) is 32.7 Å². The van der Waals surface area contributed by atoms with Crippen molar-refractivity contribution in [1.82, 2.24) is 15.1 Å². The highest BCUT2D eigenvalue weighted by atomic mass is 16.7. The van der Waals surface area contributed by atoms with Crippen molar-refractivity contribution in [1.29, 1.82) is 0 Å². The first-order valence-electron chi connectivity index (χ1n) is 8.20. The van der Waals surface area contributed by atoms with Crippen molar-refractivity contribution in [2.45, 2.75) is 25.0 Å². The van der Waals surface area contributed by atoms with Crippen molar-refractivity contribution in [3.63, 3.8) is 0 Å². The normalized spacial score (nSPS) is 29.7. The number of hydrogen-bond donors (Lipinski definition) is 1. The van der Waals surface area contributed by atoms with Gasteiger partial charge in [0.2, 0.25) is 12.7 Å². The fourth-order valence-corrected chi connectivity index (χ4v) is 4.20. The largest absolute Gasteiger partial charge is 0.454 e. The fraction of sp³-hybridized carbons (Fsp3) is 0.588. The minimum atomic E-state index is 0.0303. The van der Waals surface area contributed by atoms with Crippen LogP contribution in [0.3, 0.4) is 0 Å². The minimum absolute atomic E-state index is 0.0303. The van der Waals surface area contributed by atoms with E-state index in [1.807, 2.05) is 6.07 Å². The number of hydrogen-bond acceptors (Lipinski definition) is 5. The second-order valence-electron chi connectivity index (χ2n) is 6.74. The summed E-state index contributed by atoms with van der Waals surface area (Å²) in [6, 6.07) is 6.68. The molecule has 0 spiro atoms. The van der Waals surface area contributed by atoms with E-state index in [-0.39, 0.29) is 11.9 Å². The first-order valence-corrected chi connectivity index (χ1v) is 8.20. The van der Waals surface area contributed by atoms with Crippen LogP contribution in [0.4, 0.5) is 0 Å². The van der Waals surface area contributed by atoms with E-state index in [1.54, 1.807) is 7.05 Å². The van der Waals surface area contributed by atoms with Crippen LogP contribution in [-0.2, 0) is 11.3 Å². The Morgan fingerprint density at radius 2 is 2.13 bits per heavy atom. The van der Waals surface area contributed by atoms with Gasteiger partial charge in [-0.2, -0.15) is 0 Å². The molecule has 1 aromatic carbocycles. The molecule has 4 rings (SSSR count).